The Labute approximate surface area is 107 Å². The molecule has 0 atom stereocenters. The van der Waals surface area contributed by atoms with Crippen LogP contribution in [0.25, 0.3) is 0 Å². The van der Waals surface area contributed by atoms with Gasteiger partial charge in [0.05, 0.1) is 12.7 Å². The van der Waals surface area contributed by atoms with Crippen molar-refractivity contribution in [2.24, 2.45) is 5.41 Å². The molecule has 0 bridgehead atoms. The molecule has 0 radical (unpaired) electrons. The molecule has 2 rings (SSSR count). The van der Waals surface area contributed by atoms with Gasteiger partial charge in [0.1, 0.15) is 0 Å². The van der Waals surface area contributed by atoms with E-state index in [2.05, 4.69) is 18.8 Å². The molecule has 1 aromatic rings. The van der Waals surface area contributed by atoms with Gasteiger partial charge in [-0.25, -0.2) is 4.79 Å². The second kappa shape index (κ2) is 5.08. The maximum atomic E-state index is 11.6. The van der Waals surface area contributed by atoms with Crippen molar-refractivity contribution in [2.45, 2.75) is 13.8 Å². The number of esters is 1. The highest BCUT2D eigenvalue weighted by Crippen LogP contribution is 2.21. The van der Waals surface area contributed by atoms with E-state index in [0.29, 0.717) is 24.2 Å². The minimum absolute atomic E-state index is 0.00978. The van der Waals surface area contributed by atoms with Gasteiger partial charge in [-0.1, -0.05) is 13.8 Å². The number of rotatable bonds is 2. The van der Waals surface area contributed by atoms with Crippen LogP contribution < -0.4 is 5.46 Å². The third-order valence-corrected chi connectivity index (χ3v) is 2.76. The average Bonchev–Trinajstić information content (AvgIpc) is 2.38. The Morgan fingerprint density at radius 3 is 2.72 bits per heavy atom. The summed E-state index contributed by atoms with van der Waals surface area (Å²) in [5, 5.41) is 0. The number of aromatic nitrogens is 1. The van der Waals surface area contributed by atoms with E-state index in [4.69, 9.17) is 14.0 Å². The smallest absolute Gasteiger partial charge is 0.465 e. The fourth-order valence-corrected chi connectivity index (χ4v) is 1.76. The van der Waals surface area contributed by atoms with Crippen molar-refractivity contribution >= 4 is 18.6 Å². The molecule has 5 nitrogen and oxygen atoms in total. The molecule has 6 heteroatoms. The van der Waals surface area contributed by atoms with E-state index in [9.17, 15) is 4.79 Å². The third kappa shape index (κ3) is 2.71. The van der Waals surface area contributed by atoms with Gasteiger partial charge in [0, 0.05) is 36.5 Å². The first-order valence-electron chi connectivity index (χ1n) is 5.79. The van der Waals surface area contributed by atoms with Crippen LogP contribution in [0, 0.1) is 5.41 Å². The molecule has 18 heavy (non-hydrogen) atoms. The number of hydrogen-bond donors (Lipinski definition) is 0. The summed E-state index contributed by atoms with van der Waals surface area (Å²) in [5.74, 6) is -0.413. The highest BCUT2D eigenvalue weighted by Gasteiger charge is 2.36. The molecule has 0 aromatic carbocycles. The zero-order valence-corrected chi connectivity index (χ0v) is 10.8. The number of carbonyl (C=O) groups is 1. The maximum Gasteiger partial charge on any atom is 0.496 e. The Morgan fingerprint density at radius 1 is 1.44 bits per heavy atom. The third-order valence-electron chi connectivity index (χ3n) is 2.76. The largest absolute Gasteiger partial charge is 0.496 e. The van der Waals surface area contributed by atoms with Crippen LogP contribution in [-0.4, -0.2) is 38.4 Å². The normalized spacial score (nSPS) is 18.5. The van der Waals surface area contributed by atoms with E-state index in [0.717, 1.165) is 0 Å². The Kier molecular flexibility index (Phi) is 3.68. The number of pyridine rings is 1. The SMILES string of the molecule is COC(=O)c1ccncc1B1OCC(C)(C)CO1. The molecule has 96 valence electrons. The standard InChI is InChI=1S/C12H16BNO4/c1-12(2)7-17-13(18-8-12)10-6-14-5-4-9(10)11(15)16-3/h4-6H,7-8H2,1-3H3. The molecule has 0 unspecified atom stereocenters. The first-order valence-corrected chi connectivity index (χ1v) is 5.79. The summed E-state index contributed by atoms with van der Waals surface area (Å²) in [6.07, 6.45) is 3.12. The van der Waals surface area contributed by atoms with Crippen molar-refractivity contribution in [3.05, 3.63) is 24.0 Å². The maximum absolute atomic E-state index is 11.6. The van der Waals surface area contributed by atoms with Gasteiger partial charge in [-0.05, 0) is 6.07 Å². The number of ether oxygens (including phenoxy) is 1. The van der Waals surface area contributed by atoms with Crippen LogP contribution >= 0.6 is 0 Å². The summed E-state index contributed by atoms with van der Waals surface area (Å²) in [6.45, 7) is 5.28. The van der Waals surface area contributed by atoms with Gasteiger partial charge in [0.2, 0.25) is 0 Å². The van der Waals surface area contributed by atoms with Crippen molar-refractivity contribution in [1.29, 1.82) is 0 Å². The Morgan fingerprint density at radius 2 is 2.11 bits per heavy atom. The van der Waals surface area contributed by atoms with Crippen molar-refractivity contribution in [2.75, 3.05) is 20.3 Å². The van der Waals surface area contributed by atoms with E-state index in [1.54, 1.807) is 18.5 Å². The number of carbonyl (C=O) groups excluding carboxylic acids is 1. The van der Waals surface area contributed by atoms with Crippen molar-refractivity contribution in [3.8, 4) is 0 Å². The van der Waals surface area contributed by atoms with E-state index in [1.165, 1.54) is 7.11 Å². The molecular weight excluding hydrogens is 233 g/mol. The quantitative estimate of drug-likeness (QED) is 0.568. The number of nitrogens with zero attached hydrogens (tertiary/aromatic N) is 1. The highest BCUT2D eigenvalue weighted by molar-refractivity contribution is 6.62. The summed E-state index contributed by atoms with van der Waals surface area (Å²) < 4.78 is 16.0. The van der Waals surface area contributed by atoms with Crippen LogP contribution in [0.1, 0.15) is 24.2 Å². The molecule has 1 aromatic heterocycles. The molecule has 0 N–H and O–H groups in total. The summed E-state index contributed by atoms with van der Waals surface area (Å²) in [7, 11) is 0.791. The fraction of sp³-hybridized carbons (Fsp3) is 0.500. The lowest BCUT2D eigenvalue weighted by Gasteiger charge is -2.33. The van der Waals surface area contributed by atoms with E-state index in [1.807, 2.05) is 0 Å². The van der Waals surface area contributed by atoms with Gasteiger partial charge in [0.15, 0.2) is 0 Å². The van der Waals surface area contributed by atoms with Crippen LogP contribution in [0.15, 0.2) is 18.5 Å². The minimum Gasteiger partial charge on any atom is -0.465 e. The lowest BCUT2D eigenvalue weighted by atomic mass is 9.74. The van der Waals surface area contributed by atoms with Gasteiger partial charge >= 0.3 is 13.1 Å². The van der Waals surface area contributed by atoms with Gasteiger partial charge < -0.3 is 14.0 Å². The van der Waals surface area contributed by atoms with E-state index >= 15 is 0 Å². The van der Waals surface area contributed by atoms with Crippen LogP contribution in [0.2, 0.25) is 0 Å². The lowest BCUT2D eigenvalue weighted by Crippen LogP contribution is -2.49. The minimum atomic E-state index is -0.555. The van der Waals surface area contributed by atoms with Crippen molar-refractivity contribution < 1.29 is 18.8 Å². The molecular formula is C12H16BNO4. The van der Waals surface area contributed by atoms with Crippen LogP contribution in [0.3, 0.4) is 0 Å². The van der Waals surface area contributed by atoms with Crippen molar-refractivity contribution in [1.82, 2.24) is 4.98 Å². The Hall–Kier alpha value is -1.40. The van der Waals surface area contributed by atoms with E-state index < -0.39 is 13.1 Å². The van der Waals surface area contributed by atoms with Crippen LogP contribution in [0.4, 0.5) is 0 Å². The lowest BCUT2D eigenvalue weighted by molar-refractivity contribution is 0.0339. The molecule has 0 saturated carbocycles. The van der Waals surface area contributed by atoms with Crippen LogP contribution in [-0.2, 0) is 14.0 Å². The van der Waals surface area contributed by atoms with Gasteiger partial charge in [-0.2, -0.15) is 0 Å². The topological polar surface area (TPSA) is 57.7 Å². The van der Waals surface area contributed by atoms with Gasteiger partial charge in [-0.3, -0.25) is 4.98 Å². The predicted octanol–water partition coefficient (Wildman–Crippen LogP) is 0.636. The molecule has 1 aliphatic rings. The zero-order chi connectivity index (χ0) is 13.2. The predicted molar refractivity (Wildman–Crippen MR) is 66.6 cm³/mol. The van der Waals surface area contributed by atoms with Gasteiger partial charge in [0.25, 0.3) is 0 Å². The summed E-state index contributed by atoms with van der Waals surface area (Å²) in [5.41, 5.74) is 1.03. The molecule has 1 fully saturated rings. The van der Waals surface area contributed by atoms with Gasteiger partial charge in [-0.15, -0.1) is 0 Å². The molecule has 1 aliphatic heterocycles. The first kappa shape index (κ1) is 13.0. The monoisotopic (exact) mass is 249 g/mol. The summed E-state index contributed by atoms with van der Waals surface area (Å²) in [6, 6.07) is 1.60. The Balaban J connectivity index is 2.21. The Bertz CT molecular complexity index is 439. The highest BCUT2D eigenvalue weighted by atomic mass is 16.6. The fourth-order valence-electron chi connectivity index (χ4n) is 1.76. The molecule has 0 spiro atoms. The second-order valence-corrected chi connectivity index (χ2v) is 5.07. The van der Waals surface area contributed by atoms with E-state index in [-0.39, 0.29) is 5.41 Å². The number of methoxy groups -OCH3 is 1. The second-order valence-electron chi connectivity index (χ2n) is 5.07. The molecule has 2 heterocycles. The summed E-state index contributed by atoms with van der Waals surface area (Å²) in [4.78, 5) is 15.6. The van der Waals surface area contributed by atoms with Crippen molar-refractivity contribution in [3.63, 3.8) is 0 Å². The zero-order valence-electron chi connectivity index (χ0n) is 10.8. The van der Waals surface area contributed by atoms with Crippen LogP contribution in [0.5, 0.6) is 0 Å². The molecule has 0 aliphatic carbocycles. The molecule has 0 amide bonds. The average molecular weight is 249 g/mol. The number of hydrogen-bond acceptors (Lipinski definition) is 5. The molecule has 1 saturated heterocycles. The summed E-state index contributed by atoms with van der Waals surface area (Å²) >= 11 is 0. The first-order chi connectivity index (χ1) is 8.53.